The molecule has 1 atom stereocenters. The first-order valence-corrected chi connectivity index (χ1v) is 4.07. The zero-order valence-corrected chi connectivity index (χ0v) is 7.42. The highest BCUT2D eigenvalue weighted by Gasteiger charge is 2.23. The normalized spacial score (nSPS) is 29.5. The topological polar surface area (TPSA) is 21.6 Å². The number of ether oxygens (including phenoxy) is 1. The molecule has 0 aromatic carbocycles. The molecule has 1 aliphatic rings. The van der Waals surface area contributed by atoms with E-state index in [0.29, 0.717) is 0 Å². The van der Waals surface area contributed by atoms with Crippen LogP contribution in [0.1, 0.15) is 33.6 Å². The fourth-order valence-corrected chi connectivity index (χ4v) is 1.33. The minimum Gasteiger partial charge on any atom is -0.471 e. The highest BCUT2D eigenvalue weighted by Crippen LogP contribution is 2.22. The number of aliphatic imine (C=N–C) groups is 1. The molecule has 0 aromatic rings. The van der Waals surface area contributed by atoms with Gasteiger partial charge >= 0.3 is 0 Å². The van der Waals surface area contributed by atoms with Crippen molar-refractivity contribution >= 4 is 5.90 Å². The van der Waals surface area contributed by atoms with Crippen LogP contribution >= 0.6 is 0 Å². The van der Waals surface area contributed by atoms with E-state index in [4.69, 9.17) is 4.74 Å². The molecule has 0 fully saturated rings. The Morgan fingerprint density at radius 1 is 1.64 bits per heavy atom. The monoisotopic (exact) mass is 153 g/mol. The van der Waals surface area contributed by atoms with Gasteiger partial charge in [-0.05, 0) is 19.4 Å². The van der Waals surface area contributed by atoms with E-state index in [1.54, 1.807) is 0 Å². The highest BCUT2D eigenvalue weighted by molar-refractivity contribution is 5.75. The van der Waals surface area contributed by atoms with Crippen LogP contribution in [0.4, 0.5) is 0 Å². The van der Waals surface area contributed by atoms with Gasteiger partial charge in [0.15, 0.2) is 5.90 Å². The second kappa shape index (κ2) is 3.07. The van der Waals surface area contributed by atoms with Gasteiger partial charge in [-0.15, -0.1) is 0 Å². The lowest BCUT2D eigenvalue weighted by molar-refractivity contribution is 0.110. The minimum atomic E-state index is -0.111. The molecule has 11 heavy (non-hydrogen) atoms. The molecule has 1 rings (SSSR count). The number of hydrogen-bond donors (Lipinski definition) is 0. The van der Waals surface area contributed by atoms with Crippen LogP contribution in [-0.4, -0.2) is 11.5 Å². The van der Waals surface area contributed by atoms with Crippen LogP contribution in [0.3, 0.4) is 0 Å². The summed E-state index contributed by atoms with van der Waals surface area (Å²) < 4.78 is 5.58. The van der Waals surface area contributed by atoms with E-state index in [9.17, 15) is 0 Å². The summed E-state index contributed by atoms with van der Waals surface area (Å²) in [6.07, 6.45) is 6.03. The van der Waals surface area contributed by atoms with Gasteiger partial charge in [-0.2, -0.15) is 0 Å². The van der Waals surface area contributed by atoms with Gasteiger partial charge in [0.05, 0.1) is 0 Å². The molecule has 1 unspecified atom stereocenters. The first kappa shape index (κ1) is 8.31. The van der Waals surface area contributed by atoms with Gasteiger partial charge < -0.3 is 4.74 Å². The van der Waals surface area contributed by atoms with Gasteiger partial charge in [-0.1, -0.05) is 13.3 Å². The standard InChI is InChI=1S/C9H15NO/c1-4-5-9(3)6-7-10-8(2)11-9/h6-7H,4-5H2,1-3H3. The molecule has 62 valence electrons. The van der Waals surface area contributed by atoms with Crippen LogP contribution in [0, 0.1) is 0 Å². The predicted octanol–water partition coefficient (Wildman–Crippen LogP) is 2.51. The maximum atomic E-state index is 5.58. The molecule has 1 heterocycles. The van der Waals surface area contributed by atoms with Crippen molar-refractivity contribution in [1.29, 1.82) is 0 Å². The Kier molecular flexibility index (Phi) is 2.32. The summed E-state index contributed by atoms with van der Waals surface area (Å²) in [5.41, 5.74) is -0.111. The third kappa shape index (κ3) is 2.07. The van der Waals surface area contributed by atoms with E-state index in [-0.39, 0.29) is 5.60 Å². The molecule has 0 radical (unpaired) electrons. The Hall–Kier alpha value is -0.790. The van der Waals surface area contributed by atoms with Crippen molar-refractivity contribution in [3.8, 4) is 0 Å². The summed E-state index contributed by atoms with van der Waals surface area (Å²) in [7, 11) is 0. The summed E-state index contributed by atoms with van der Waals surface area (Å²) in [6.45, 7) is 6.13. The largest absolute Gasteiger partial charge is 0.471 e. The molecule has 2 heteroatoms. The van der Waals surface area contributed by atoms with Gasteiger partial charge in [0.1, 0.15) is 5.60 Å². The Bertz CT molecular complexity index is 196. The summed E-state index contributed by atoms with van der Waals surface area (Å²) >= 11 is 0. The van der Waals surface area contributed by atoms with Crippen molar-refractivity contribution in [3.05, 3.63) is 12.3 Å². The van der Waals surface area contributed by atoms with E-state index in [0.717, 1.165) is 18.7 Å². The predicted molar refractivity (Wildman–Crippen MR) is 46.6 cm³/mol. The van der Waals surface area contributed by atoms with Crippen molar-refractivity contribution in [2.45, 2.75) is 39.2 Å². The maximum absolute atomic E-state index is 5.58. The summed E-state index contributed by atoms with van der Waals surface area (Å²) in [4.78, 5) is 4.02. The Labute approximate surface area is 68.0 Å². The van der Waals surface area contributed by atoms with Gasteiger partial charge in [0, 0.05) is 13.1 Å². The van der Waals surface area contributed by atoms with Crippen LogP contribution < -0.4 is 0 Å². The molecule has 0 aromatic heterocycles. The lowest BCUT2D eigenvalue weighted by Gasteiger charge is -2.28. The van der Waals surface area contributed by atoms with Gasteiger partial charge in [-0.3, -0.25) is 0 Å². The lowest BCUT2D eigenvalue weighted by Crippen LogP contribution is -2.29. The first-order valence-electron chi connectivity index (χ1n) is 4.07. The van der Waals surface area contributed by atoms with Gasteiger partial charge in [0.2, 0.25) is 0 Å². The third-order valence-electron chi connectivity index (χ3n) is 1.81. The van der Waals surface area contributed by atoms with E-state index in [1.807, 2.05) is 19.2 Å². The molecular weight excluding hydrogens is 138 g/mol. The molecule has 0 aliphatic carbocycles. The van der Waals surface area contributed by atoms with E-state index in [2.05, 4.69) is 18.8 Å². The van der Waals surface area contributed by atoms with Gasteiger partial charge in [-0.25, -0.2) is 4.99 Å². The molecule has 0 saturated carbocycles. The SMILES string of the molecule is CCCC1(C)C=CN=C(C)O1. The molecule has 0 amide bonds. The number of rotatable bonds is 2. The summed E-state index contributed by atoms with van der Waals surface area (Å²) in [6, 6.07) is 0. The first-order chi connectivity index (χ1) is 5.16. The third-order valence-corrected chi connectivity index (χ3v) is 1.81. The van der Waals surface area contributed by atoms with Crippen molar-refractivity contribution in [1.82, 2.24) is 0 Å². The molecule has 2 nitrogen and oxygen atoms in total. The fourth-order valence-electron chi connectivity index (χ4n) is 1.33. The molecular formula is C9H15NO. The van der Waals surface area contributed by atoms with Crippen LogP contribution in [0.15, 0.2) is 17.3 Å². The molecule has 1 aliphatic heterocycles. The van der Waals surface area contributed by atoms with Crippen LogP contribution in [0.5, 0.6) is 0 Å². The van der Waals surface area contributed by atoms with Crippen molar-refractivity contribution in [2.24, 2.45) is 4.99 Å². The number of nitrogens with zero attached hydrogens (tertiary/aromatic N) is 1. The van der Waals surface area contributed by atoms with Gasteiger partial charge in [0.25, 0.3) is 0 Å². The van der Waals surface area contributed by atoms with Crippen LogP contribution in [-0.2, 0) is 4.74 Å². The zero-order chi connectivity index (χ0) is 8.32. The van der Waals surface area contributed by atoms with Crippen molar-refractivity contribution in [2.75, 3.05) is 0 Å². The van der Waals surface area contributed by atoms with E-state index in [1.165, 1.54) is 0 Å². The molecule has 0 bridgehead atoms. The van der Waals surface area contributed by atoms with Crippen molar-refractivity contribution < 1.29 is 4.74 Å². The van der Waals surface area contributed by atoms with E-state index < -0.39 is 0 Å². The van der Waals surface area contributed by atoms with Crippen LogP contribution in [0.2, 0.25) is 0 Å². The smallest absolute Gasteiger partial charge is 0.185 e. The molecule has 0 N–H and O–H groups in total. The molecule has 0 spiro atoms. The fraction of sp³-hybridized carbons (Fsp3) is 0.667. The summed E-state index contributed by atoms with van der Waals surface area (Å²) in [5.74, 6) is 0.767. The Morgan fingerprint density at radius 3 is 2.91 bits per heavy atom. The maximum Gasteiger partial charge on any atom is 0.185 e. The highest BCUT2D eigenvalue weighted by atomic mass is 16.5. The Balaban J connectivity index is 2.62. The lowest BCUT2D eigenvalue weighted by atomic mass is 10.00. The average Bonchev–Trinajstić information content (AvgIpc) is 1.86. The quantitative estimate of drug-likeness (QED) is 0.597. The minimum absolute atomic E-state index is 0.111. The van der Waals surface area contributed by atoms with Crippen LogP contribution in [0.25, 0.3) is 0 Å². The molecule has 0 saturated heterocycles. The summed E-state index contributed by atoms with van der Waals surface area (Å²) in [5, 5.41) is 0. The van der Waals surface area contributed by atoms with Crippen molar-refractivity contribution in [3.63, 3.8) is 0 Å². The zero-order valence-electron chi connectivity index (χ0n) is 7.42. The average molecular weight is 153 g/mol. The number of hydrogen-bond acceptors (Lipinski definition) is 2. The Morgan fingerprint density at radius 2 is 2.36 bits per heavy atom. The van der Waals surface area contributed by atoms with E-state index >= 15 is 0 Å². The second-order valence-corrected chi connectivity index (χ2v) is 3.13. The second-order valence-electron chi connectivity index (χ2n) is 3.13.